The molecule has 0 amide bonds. The molecule has 0 bridgehead atoms. The second-order valence-electron chi connectivity index (χ2n) is 2.63. The molecule has 0 aromatic carbocycles. The molecule has 0 aliphatic rings. The molecule has 0 aromatic heterocycles. The fourth-order valence-corrected chi connectivity index (χ4v) is 9.10. The first-order valence-corrected chi connectivity index (χ1v) is 12.6. The van der Waals surface area contributed by atoms with Crippen LogP contribution in [0.1, 0.15) is 33.6 Å². The summed E-state index contributed by atoms with van der Waals surface area (Å²) >= 11 is -3.03. The van der Waals surface area contributed by atoms with Gasteiger partial charge in [-0.3, -0.25) is 0 Å². The molecule has 0 aromatic rings. The van der Waals surface area contributed by atoms with Crippen molar-refractivity contribution in [2.75, 3.05) is 13.2 Å². The van der Waals surface area contributed by atoms with Crippen molar-refractivity contribution in [2.24, 2.45) is 0 Å². The van der Waals surface area contributed by atoms with E-state index in [1.807, 2.05) is 13.8 Å². The predicted octanol–water partition coefficient (Wildman–Crippen LogP) is 3.04. The fraction of sp³-hybridized carbons (Fsp3) is 1.00. The van der Waals surface area contributed by atoms with Crippen molar-refractivity contribution in [3.8, 4) is 0 Å². The van der Waals surface area contributed by atoms with Crippen molar-refractivity contribution in [1.82, 2.24) is 0 Å². The van der Waals surface area contributed by atoms with Gasteiger partial charge in [-0.2, -0.15) is 0 Å². The molecule has 0 saturated heterocycles. The molecule has 0 unspecified atom stereocenters. The summed E-state index contributed by atoms with van der Waals surface area (Å²) in [6.07, 6.45) is 2.28. The van der Waals surface area contributed by atoms with Crippen LogP contribution in [0.25, 0.3) is 0 Å². The second-order valence-corrected chi connectivity index (χ2v) is 13.3. The number of rotatable bonds is 7. The maximum absolute atomic E-state index is 6.28. The third-order valence-corrected chi connectivity index (χ3v) is 11.1. The summed E-state index contributed by atoms with van der Waals surface area (Å²) in [5.74, 6) is 0. The van der Waals surface area contributed by atoms with Gasteiger partial charge in [0, 0.05) is 0 Å². The zero-order chi connectivity index (χ0) is 9.45. The van der Waals surface area contributed by atoms with Crippen molar-refractivity contribution in [2.45, 2.75) is 38.0 Å². The fourth-order valence-electron chi connectivity index (χ4n) is 1.01. The Labute approximate surface area is 84.3 Å². The Kier molecular flexibility index (Phi) is 8.04. The van der Waals surface area contributed by atoms with E-state index >= 15 is 0 Å². The Morgan fingerprint density at radius 3 is 1.92 bits per heavy atom. The minimum atomic E-state index is -3.03. The van der Waals surface area contributed by atoms with Crippen LogP contribution in [-0.4, -0.2) is 31.3 Å². The van der Waals surface area contributed by atoms with E-state index in [2.05, 4.69) is 6.92 Å². The third kappa shape index (κ3) is 5.62. The Balaban J connectivity index is 3.80. The van der Waals surface area contributed by atoms with Crippen LogP contribution in [-0.2, 0) is 6.15 Å². The first kappa shape index (κ1) is 13.0. The summed E-state index contributed by atoms with van der Waals surface area (Å²) in [6, 6.07) is 0. The van der Waals surface area contributed by atoms with E-state index in [9.17, 15) is 0 Å². The molecule has 0 radical (unpaired) electrons. The van der Waals surface area contributed by atoms with Gasteiger partial charge in [-0.15, -0.1) is 0 Å². The Hall–Kier alpha value is 1.01. The van der Waals surface area contributed by atoms with Crippen molar-refractivity contribution in [3.05, 3.63) is 0 Å². The number of hydrogen-bond donors (Lipinski definition) is 0. The van der Waals surface area contributed by atoms with Gasteiger partial charge in [0.15, 0.2) is 0 Å². The van der Waals surface area contributed by atoms with Crippen LogP contribution in [0.15, 0.2) is 0 Å². The Bertz CT molecular complexity index is 105. The Morgan fingerprint density at radius 1 is 1.08 bits per heavy atom. The molecule has 0 N–H and O–H groups in total. The van der Waals surface area contributed by atoms with E-state index in [4.69, 9.17) is 15.1 Å². The summed E-state index contributed by atoms with van der Waals surface area (Å²) in [7, 11) is 6.28. The summed E-state index contributed by atoms with van der Waals surface area (Å²) in [5.41, 5.74) is 0. The number of unbranched alkanes of at least 4 members (excludes halogenated alkanes) is 1. The molecule has 12 heavy (non-hydrogen) atoms. The van der Waals surface area contributed by atoms with Gasteiger partial charge >= 0.3 is 84.4 Å². The van der Waals surface area contributed by atoms with Crippen molar-refractivity contribution in [1.29, 1.82) is 0 Å². The molecule has 0 aliphatic carbocycles. The summed E-state index contributed by atoms with van der Waals surface area (Å²) < 4.78 is 12.0. The normalized spacial score (nSPS) is 12.0. The van der Waals surface area contributed by atoms with Crippen LogP contribution in [0.5, 0.6) is 0 Å². The van der Waals surface area contributed by atoms with Crippen molar-refractivity contribution < 1.29 is 6.15 Å². The van der Waals surface area contributed by atoms with Gasteiger partial charge in [0.05, 0.1) is 0 Å². The molecule has 0 spiro atoms. The maximum atomic E-state index is 6.28. The average Bonchev–Trinajstić information content (AvgIpc) is 2.02. The molecule has 0 saturated carbocycles. The van der Waals surface area contributed by atoms with E-state index < -0.39 is 18.1 Å². The van der Waals surface area contributed by atoms with Gasteiger partial charge in [-0.1, -0.05) is 0 Å². The zero-order valence-corrected chi connectivity index (χ0v) is 11.8. The second kappa shape index (κ2) is 7.42. The third-order valence-electron chi connectivity index (χ3n) is 1.55. The van der Waals surface area contributed by atoms with E-state index in [1.54, 1.807) is 0 Å². The van der Waals surface area contributed by atoms with Crippen LogP contribution in [0.2, 0.25) is 4.44 Å². The zero-order valence-electron chi connectivity index (χ0n) is 8.23. The van der Waals surface area contributed by atoms with E-state index in [0.717, 1.165) is 17.3 Å². The molecular weight excluding hydrogens is 282 g/mol. The van der Waals surface area contributed by atoms with Gasteiger partial charge < -0.3 is 0 Å². The molecule has 0 rings (SSSR count). The average molecular weight is 301 g/mol. The summed E-state index contributed by atoms with van der Waals surface area (Å²) in [6.45, 7) is 7.46. The quantitative estimate of drug-likeness (QED) is 0.673. The molecule has 0 atom stereocenters. The van der Waals surface area contributed by atoms with Crippen LogP contribution in [0.4, 0.5) is 0 Å². The van der Waals surface area contributed by atoms with Gasteiger partial charge in [0.25, 0.3) is 0 Å². The van der Waals surface area contributed by atoms with Gasteiger partial charge in [0.1, 0.15) is 0 Å². The number of halogens is 1. The number of hydrogen-bond acceptors (Lipinski definition) is 2. The standard InChI is InChI=1S/C4H9.2C2H5O.ClH.Sn/c1-3-4-2;2*1-2-3;;/h1,3-4H2,2H3;2*2H2,1H3;1H;/q;2*-1;;+3/p-1. The first-order valence-electron chi connectivity index (χ1n) is 4.65. The van der Waals surface area contributed by atoms with Gasteiger partial charge in [0.2, 0.25) is 0 Å². The molecule has 0 fully saturated rings. The van der Waals surface area contributed by atoms with Crippen LogP contribution in [0.3, 0.4) is 0 Å². The summed E-state index contributed by atoms with van der Waals surface area (Å²) in [4.78, 5) is 0. The van der Waals surface area contributed by atoms with E-state index in [0.29, 0.717) is 13.2 Å². The van der Waals surface area contributed by atoms with E-state index in [-0.39, 0.29) is 0 Å². The molecule has 0 aliphatic heterocycles. The Morgan fingerprint density at radius 2 is 1.58 bits per heavy atom. The van der Waals surface area contributed by atoms with Crippen LogP contribution < -0.4 is 0 Å². The molecule has 0 heterocycles. The molecular formula is C8H19ClO2Sn. The predicted molar refractivity (Wildman–Crippen MR) is 54.6 cm³/mol. The SMILES string of the molecule is CCC[CH2][Sn]([Cl])([O]CC)[O]CC. The minimum absolute atomic E-state index is 0.684. The van der Waals surface area contributed by atoms with Gasteiger partial charge in [-0.05, 0) is 0 Å². The first-order chi connectivity index (χ1) is 5.68. The summed E-state index contributed by atoms with van der Waals surface area (Å²) in [5, 5.41) is 0. The topological polar surface area (TPSA) is 18.5 Å². The van der Waals surface area contributed by atoms with Crippen molar-refractivity contribution in [3.63, 3.8) is 0 Å². The van der Waals surface area contributed by atoms with Crippen LogP contribution in [0, 0.1) is 0 Å². The molecule has 74 valence electrons. The van der Waals surface area contributed by atoms with Gasteiger partial charge in [-0.25, -0.2) is 0 Å². The van der Waals surface area contributed by atoms with Crippen molar-refractivity contribution >= 4 is 27.0 Å². The monoisotopic (exact) mass is 302 g/mol. The molecule has 2 nitrogen and oxygen atoms in total. The van der Waals surface area contributed by atoms with Crippen LogP contribution >= 0.6 is 8.92 Å². The molecule has 4 heteroatoms. The van der Waals surface area contributed by atoms with E-state index in [1.165, 1.54) is 0 Å².